The highest BCUT2D eigenvalue weighted by molar-refractivity contribution is 6.32. The van der Waals surface area contributed by atoms with Gasteiger partial charge in [-0.2, -0.15) is 0 Å². The van der Waals surface area contributed by atoms with Gasteiger partial charge in [-0.3, -0.25) is 9.69 Å². The standard InChI is InChI=1S/C26H31ClN2O3/c1-16(2)19-5-7-20(8-6-19)23(29-9-11-31-12-10-29)15-28-26(30)25-18(4)21-14-22(27)17(3)13-24(21)32-25/h5-8,13-14,16,23H,9-12,15H2,1-4H3,(H,28,30)/t23-/m1/s1. The summed E-state index contributed by atoms with van der Waals surface area (Å²) >= 11 is 6.28. The van der Waals surface area contributed by atoms with Crippen LogP contribution >= 0.6 is 11.6 Å². The molecule has 0 saturated carbocycles. The third kappa shape index (κ3) is 4.70. The van der Waals surface area contributed by atoms with Crippen molar-refractivity contribution in [3.8, 4) is 0 Å². The Labute approximate surface area is 194 Å². The largest absolute Gasteiger partial charge is 0.451 e. The van der Waals surface area contributed by atoms with E-state index in [1.165, 1.54) is 11.1 Å². The number of ether oxygens (including phenoxy) is 1. The summed E-state index contributed by atoms with van der Waals surface area (Å²) in [7, 11) is 0. The first-order valence-corrected chi connectivity index (χ1v) is 11.6. The number of furan rings is 1. The van der Waals surface area contributed by atoms with Crippen LogP contribution in [0.4, 0.5) is 0 Å². The molecule has 1 aliphatic heterocycles. The summed E-state index contributed by atoms with van der Waals surface area (Å²) in [6, 6.07) is 12.6. The van der Waals surface area contributed by atoms with Gasteiger partial charge in [-0.1, -0.05) is 49.7 Å². The second-order valence-electron chi connectivity index (χ2n) is 8.85. The normalized spacial score (nSPS) is 15.9. The molecule has 0 bridgehead atoms. The SMILES string of the molecule is Cc1cc2oc(C(=O)NC[C@H](c3ccc(C(C)C)cc3)N3CCOCC3)c(C)c2cc1Cl. The number of halogens is 1. The number of amides is 1. The van der Waals surface area contributed by atoms with Gasteiger partial charge in [0, 0.05) is 35.6 Å². The zero-order valence-corrected chi connectivity index (χ0v) is 20.0. The first kappa shape index (κ1) is 22.8. The van der Waals surface area contributed by atoms with Gasteiger partial charge in [0.1, 0.15) is 5.58 Å². The molecular formula is C26H31ClN2O3. The molecule has 0 aliphatic carbocycles. The molecule has 1 saturated heterocycles. The van der Waals surface area contributed by atoms with Crippen LogP contribution in [0.25, 0.3) is 11.0 Å². The summed E-state index contributed by atoms with van der Waals surface area (Å²) in [6.07, 6.45) is 0. The Morgan fingerprint density at radius 2 is 1.75 bits per heavy atom. The molecule has 1 N–H and O–H groups in total. The van der Waals surface area contributed by atoms with E-state index >= 15 is 0 Å². The molecular weight excluding hydrogens is 424 g/mol. The van der Waals surface area contributed by atoms with Gasteiger partial charge in [0.05, 0.1) is 19.3 Å². The summed E-state index contributed by atoms with van der Waals surface area (Å²) < 4.78 is 11.5. The Morgan fingerprint density at radius 1 is 1.09 bits per heavy atom. The number of benzene rings is 2. The number of carbonyl (C=O) groups is 1. The van der Waals surface area contributed by atoms with Crippen LogP contribution in [-0.2, 0) is 4.74 Å². The maximum Gasteiger partial charge on any atom is 0.287 e. The van der Waals surface area contributed by atoms with Crippen molar-refractivity contribution in [2.45, 2.75) is 39.7 Å². The fourth-order valence-corrected chi connectivity index (χ4v) is 4.44. The number of hydrogen-bond donors (Lipinski definition) is 1. The van der Waals surface area contributed by atoms with E-state index in [2.05, 4.69) is 48.3 Å². The number of aryl methyl sites for hydroxylation is 2. The van der Waals surface area contributed by atoms with Gasteiger partial charge in [0.15, 0.2) is 5.76 Å². The summed E-state index contributed by atoms with van der Waals surface area (Å²) in [6.45, 7) is 11.8. The molecule has 170 valence electrons. The molecule has 2 aromatic carbocycles. The Bertz CT molecular complexity index is 1100. The number of nitrogens with one attached hydrogen (secondary N) is 1. The fourth-order valence-electron chi connectivity index (χ4n) is 4.28. The number of fused-ring (bicyclic) bond motifs is 1. The van der Waals surface area contributed by atoms with Crippen LogP contribution < -0.4 is 5.32 Å². The van der Waals surface area contributed by atoms with Crippen LogP contribution in [0.15, 0.2) is 40.8 Å². The summed E-state index contributed by atoms with van der Waals surface area (Å²) in [5.41, 5.74) is 4.93. The van der Waals surface area contributed by atoms with Crippen molar-refractivity contribution >= 4 is 28.5 Å². The minimum Gasteiger partial charge on any atom is -0.451 e. The van der Waals surface area contributed by atoms with Crippen molar-refractivity contribution in [3.05, 3.63) is 69.4 Å². The van der Waals surface area contributed by atoms with Gasteiger partial charge in [-0.15, -0.1) is 0 Å². The molecule has 5 nitrogen and oxygen atoms in total. The van der Waals surface area contributed by atoms with E-state index in [0.717, 1.165) is 29.6 Å². The van der Waals surface area contributed by atoms with E-state index < -0.39 is 0 Å². The van der Waals surface area contributed by atoms with Crippen molar-refractivity contribution in [2.75, 3.05) is 32.8 Å². The molecule has 2 heterocycles. The highest BCUT2D eigenvalue weighted by Gasteiger charge is 2.25. The molecule has 0 radical (unpaired) electrons. The van der Waals surface area contributed by atoms with Crippen molar-refractivity contribution in [2.24, 2.45) is 0 Å². The number of carbonyl (C=O) groups excluding carboxylic acids is 1. The average Bonchev–Trinajstić information content (AvgIpc) is 3.10. The predicted molar refractivity (Wildman–Crippen MR) is 129 cm³/mol. The molecule has 6 heteroatoms. The first-order valence-electron chi connectivity index (χ1n) is 11.2. The fraction of sp³-hybridized carbons (Fsp3) is 0.423. The van der Waals surface area contributed by atoms with Crippen LogP contribution in [0.5, 0.6) is 0 Å². The van der Waals surface area contributed by atoms with Crippen molar-refractivity contribution in [1.82, 2.24) is 10.2 Å². The van der Waals surface area contributed by atoms with E-state index in [-0.39, 0.29) is 11.9 Å². The van der Waals surface area contributed by atoms with Gasteiger partial charge in [-0.05, 0) is 48.6 Å². The Morgan fingerprint density at radius 3 is 2.41 bits per heavy atom. The van der Waals surface area contributed by atoms with Gasteiger partial charge in [-0.25, -0.2) is 0 Å². The monoisotopic (exact) mass is 454 g/mol. The Hall–Kier alpha value is -2.34. The molecule has 0 spiro atoms. The minimum absolute atomic E-state index is 0.0745. The average molecular weight is 455 g/mol. The van der Waals surface area contributed by atoms with Gasteiger partial charge >= 0.3 is 0 Å². The third-order valence-corrected chi connectivity index (χ3v) is 6.76. The van der Waals surface area contributed by atoms with Gasteiger partial charge in [0.2, 0.25) is 0 Å². The van der Waals surface area contributed by atoms with E-state index in [1.807, 2.05) is 26.0 Å². The molecule has 4 rings (SSSR count). The van der Waals surface area contributed by atoms with Crippen LogP contribution in [0.3, 0.4) is 0 Å². The molecule has 32 heavy (non-hydrogen) atoms. The van der Waals surface area contributed by atoms with Crippen molar-refractivity contribution in [1.29, 1.82) is 0 Å². The second kappa shape index (κ2) is 9.65. The Kier molecular flexibility index (Phi) is 6.89. The number of nitrogens with zero attached hydrogens (tertiary/aromatic N) is 1. The highest BCUT2D eigenvalue weighted by Crippen LogP contribution is 2.30. The van der Waals surface area contributed by atoms with E-state index in [9.17, 15) is 4.79 Å². The van der Waals surface area contributed by atoms with Crippen molar-refractivity contribution < 1.29 is 13.9 Å². The lowest BCUT2D eigenvalue weighted by molar-refractivity contribution is 0.0161. The summed E-state index contributed by atoms with van der Waals surface area (Å²) in [5.74, 6) is 0.626. The molecule has 1 atom stereocenters. The van der Waals surface area contributed by atoms with E-state index in [0.29, 0.717) is 42.0 Å². The molecule has 1 aromatic heterocycles. The lowest BCUT2D eigenvalue weighted by Crippen LogP contribution is -2.43. The zero-order valence-electron chi connectivity index (χ0n) is 19.2. The quantitative estimate of drug-likeness (QED) is 0.524. The third-order valence-electron chi connectivity index (χ3n) is 6.35. The maximum absolute atomic E-state index is 13.1. The lowest BCUT2D eigenvalue weighted by Gasteiger charge is -2.35. The topological polar surface area (TPSA) is 54.7 Å². The van der Waals surface area contributed by atoms with Crippen molar-refractivity contribution in [3.63, 3.8) is 0 Å². The molecule has 3 aromatic rings. The molecule has 1 aliphatic rings. The number of hydrogen-bond acceptors (Lipinski definition) is 4. The number of rotatable bonds is 6. The van der Waals surface area contributed by atoms with Crippen LogP contribution in [-0.4, -0.2) is 43.7 Å². The Balaban J connectivity index is 1.55. The summed E-state index contributed by atoms with van der Waals surface area (Å²) in [5, 5.41) is 4.66. The second-order valence-corrected chi connectivity index (χ2v) is 9.26. The van der Waals surface area contributed by atoms with Crippen LogP contribution in [0.2, 0.25) is 5.02 Å². The van der Waals surface area contributed by atoms with Gasteiger partial charge in [0.25, 0.3) is 5.91 Å². The van der Waals surface area contributed by atoms with Gasteiger partial charge < -0.3 is 14.5 Å². The van der Waals surface area contributed by atoms with Crippen LogP contribution in [0.1, 0.15) is 58.6 Å². The van der Waals surface area contributed by atoms with Crippen LogP contribution in [0, 0.1) is 13.8 Å². The van der Waals surface area contributed by atoms with E-state index in [4.69, 9.17) is 20.8 Å². The minimum atomic E-state index is -0.204. The molecule has 1 amide bonds. The lowest BCUT2D eigenvalue weighted by atomic mass is 9.98. The van der Waals surface area contributed by atoms with E-state index in [1.54, 1.807) is 0 Å². The summed E-state index contributed by atoms with van der Waals surface area (Å²) in [4.78, 5) is 15.5. The number of morpholine rings is 1. The molecule has 0 unspecified atom stereocenters. The predicted octanol–water partition coefficient (Wildman–Crippen LogP) is 5.63. The zero-order chi connectivity index (χ0) is 22.8. The first-order chi connectivity index (χ1) is 15.3. The maximum atomic E-state index is 13.1. The molecule has 1 fully saturated rings. The smallest absolute Gasteiger partial charge is 0.287 e. The highest BCUT2D eigenvalue weighted by atomic mass is 35.5.